The molecule has 0 aliphatic rings. The Hall–Kier alpha value is -3.74. The highest BCUT2D eigenvalue weighted by molar-refractivity contribution is 5.94. The summed E-state index contributed by atoms with van der Waals surface area (Å²) in [5, 5.41) is 8.10. The lowest BCUT2D eigenvalue weighted by Crippen LogP contribution is -2.30. The first-order valence-corrected chi connectivity index (χ1v) is 9.58. The van der Waals surface area contributed by atoms with E-state index in [2.05, 4.69) is 15.4 Å². The van der Waals surface area contributed by atoms with Crippen LogP contribution in [0.15, 0.2) is 60.7 Å². The smallest absolute Gasteiger partial charge is 0.265 e. The SMILES string of the molecule is Cc1cc(O[C@@H](C)C(=O)Nc2ccccc2F)nc2c1c(C)nn2-c1ccccc1. The third-order valence-corrected chi connectivity index (χ3v) is 4.79. The van der Waals surface area contributed by atoms with E-state index in [0.717, 1.165) is 22.3 Å². The minimum absolute atomic E-state index is 0.107. The Morgan fingerprint density at radius 2 is 1.80 bits per heavy atom. The second kappa shape index (κ2) is 7.94. The van der Waals surface area contributed by atoms with Crippen molar-refractivity contribution in [1.82, 2.24) is 14.8 Å². The largest absolute Gasteiger partial charge is 0.464 e. The van der Waals surface area contributed by atoms with Gasteiger partial charge in [0.15, 0.2) is 11.8 Å². The van der Waals surface area contributed by atoms with Gasteiger partial charge in [0.1, 0.15) is 5.82 Å². The van der Waals surface area contributed by atoms with Crippen molar-refractivity contribution in [2.45, 2.75) is 26.9 Å². The van der Waals surface area contributed by atoms with Crippen LogP contribution in [0, 0.1) is 19.7 Å². The summed E-state index contributed by atoms with van der Waals surface area (Å²) in [4.78, 5) is 17.1. The number of para-hydroxylation sites is 2. The zero-order chi connectivity index (χ0) is 21.3. The molecule has 2 heterocycles. The molecule has 0 aliphatic carbocycles. The van der Waals surface area contributed by atoms with Crippen LogP contribution in [0.5, 0.6) is 5.88 Å². The number of carbonyl (C=O) groups is 1. The Kier molecular flexibility index (Phi) is 5.18. The van der Waals surface area contributed by atoms with E-state index >= 15 is 0 Å². The van der Waals surface area contributed by atoms with Gasteiger partial charge >= 0.3 is 0 Å². The Morgan fingerprint density at radius 1 is 1.10 bits per heavy atom. The molecule has 152 valence electrons. The van der Waals surface area contributed by atoms with Gasteiger partial charge in [-0.3, -0.25) is 4.79 Å². The molecule has 0 aliphatic heterocycles. The van der Waals surface area contributed by atoms with Crippen LogP contribution in [0.4, 0.5) is 10.1 Å². The molecular formula is C23H21FN4O2. The molecule has 4 rings (SSSR count). The van der Waals surface area contributed by atoms with Gasteiger partial charge in [-0.2, -0.15) is 10.1 Å². The summed E-state index contributed by atoms with van der Waals surface area (Å²) in [6.07, 6.45) is -0.872. The molecule has 6 nitrogen and oxygen atoms in total. The molecular weight excluding hydrogens is 383 g/mol. The molecule has 1 amide bonds. The van der Waals surface area contributed by atoms with Crippen LogP contribution in [0.2, 0.25) is 0 Å². The first kappa shape index (κ1) is 19.6. The minimum Gasteiger partial charge on any atom is -0.464 e. The van der Waals surface area contributed by atoms with Crippen molar-refractivity contribution in [2.24, 2.45) is 0 Å². The normalized spacial score (nSPS) is 12.0. The average molecular weight is 404 g/mol. The fourth-order valence-electron chi connectivity index (χ4n) is 3.32. The van der Waals surface area contributed by atoms with Crippen molar-refractivity contribution in [2.75, 3.05) is 5.32 Å². The van der Waals surface area contributed by atoms with Gasteiger partial charge < -0.3 is 10.1 Å². The van der Waals surface area contributed by atoms with E-state index in [1.54, 1.807) is 29.8 Å². The van der Waals surface area contributed by atoms with Crippen molar-refractivity contribution in [3.63, 3.8) is 0 Å². The molecule has 4 aromatic rings. The summed E-state index contributed by atoms with van der Waals surface area (Å²) in [5.41, 5.74) is 3.43. The van der Waals surface area contributed by atoms with E-state index in [9.17, 15) is 9.18 Å². The summed E-state index contributed by atoms with van der Waals surface area (Å²) < 4.78 is 21.3. The maximum atomic E-state index is 13.8. The van der Waals surface area contributed by atoms with Gasteiger partial charge in [0.05, 0.1) is 17.1 Å². The standard InChI is InChI=1S/C23H21FN4O2/c1-14-13-20(30-16(3)23(29)25-19-12-8-7-11-18(19)24)26-22-21(14)15(2)27-28(22)17-9-5-4-6-10-17/h4-13,16H,1-3H3,(H,25,29)/t16-/m0/s1. The summed E-state index contributed by atoms with van der Waals surface area (Å²) in [6.45, 7) is 5.48. The molecule has 0 unspecified atom stereocenters. The second-order valence-corrected chi connectivity index (χ2v) is 7.04. The third kappa shape index (κ3) is 3.74. The highest BCUT2D eigenvalue weighted by Crippen LogP contribution is 2.27. The fraction of sp³-hybridized carbons (Fsp3) is 0.174. The molecule has 0 radical (unpaired) electrons. The van der Waals surface area contributed by atoms with Crippen LogP contribution in [0.1, 0.15) is 18.2 Å². The first-order chi connectivity index (χ1) is 14.4. The number of amides is 1. The number of anilines is 1. The number of hydrogen-bond acceptors (Lipinski definition) is 4. The quantitative estimate of drug-likeness (QED) is 0.529. The molecule has 1 atom stereocenters. The van der Waals surface area contributed by atoms with Crippen molar-refractivity contribution in [3.05, 3.63) is 77.7 Å². The topological polar surface area (TPSA) is 69.0 Å². The molecule has 0 saturated carbocycles. The zero-order valence-corrected chi connectivity index (χ0v) is 16.9. The summed E-state index contributed by atoms with van der Waals surface area (Å²) >= 11 is 0. The van der Waals surface area contributed by atoms with Crippen LogP contribution in [0.25, 0.3) is 16.7 Å². The predicted octanol–water partition coefficient (Wildman–Crippen LogP) is 4.58. The summed E-state index contributed by atoms with van der Waals surface area (Å²) in [5.74, 6) is -0.670. The van der Waals surface area contributed by atoms with E-state index in [0.29, 0.717) is 11.5 Å². The van der Waals surface area contributed by atoms with Gasteiger partial charge in [0, 0.05) is 11.5 Å². The van der Waals surface area contributed by atoms with E-state index in [4.69, 9.17) is 4.74 Å². The van der Waals surface area contributed by atoms with E-state index in [1.165, 1.54) is 12.1 Å². The molecule has 2 aromatic heterocycles. The maximum absolute atomic E-state index is 13.8. The number of fused-ring (bicyclic) bond motifs is 1. The molecule has 2 aromatic carbocycles. The minimum atomic E-state index is -0.872. The lowest BCUT2D eigenvalue weighted by atomic mass is 10.1. The molecule has 0 saturated heterocycles. The predicted molar refractivity (Wildman–Crippen MR) is 113 cm³/mol. The Morgan fingerprint density at radius 3 is 2.53 bits per heavy atom. The van der Waals surface area contributed by atoms with Gasteiger partial charge in [-0.15, -0.1) is 0 Å². The third-order valence-electron chi connectivity index (χ3n) is 4.79. The molecule has 1 N–H and O–H groups in total. The van der Waals surface area contributed by atoms with Crippen molar-refractivity contribution >= 4 is 22.6 Å². The Labute approximate surface area is 173 Å². The van der Waals surface area contributed by atoms with E-state index < -0.39 is 17.8 Å². The molecule has 0 bridgehead atoms. The lowest BCUT2D eigenvalue weighted by molar-refractivity contribution is -0.122. The number of ether oxygens (including phenoxy) is 1. The van der Waals surface area contributed by atoms with E-state index in [1.807, 2.05) is 44.2 Å². The van der Waals surface area contributed by atoms with Crippen LogP contribution in [0.3, 0.4) is 0 Å². The van der Waals surface area contributed by atoms with Gasteiger partial charge in [-0.1, -0.05) is 30.3 Å². The number of aromatic nitrogens is 3. The number of aryl methyl sites for hydroxylation is 2. The number of hydrogen-bond donors (Lipinski definition) is 1. The van der Waals surface area contributed by atoms with E-state index in [-0.39, 0.29) is 5.69 Å². The van der Waals surface area contributed by atoms with Gasteiger partial charge in [0.2, 0.25) is 5.88 Å². The summed E-state index contributed by atoms with van der Waals surface area (Å²) in [6, 6.07) is 17.5. The number of halogens is 1. The Balaban J connectivity index is 1.63. The fourth-order valence-corrected chi connectivity index (χ4v) is 3.32. The highest BCUT2D eigenvalue weighted by atomic mass is 19.1. The maximum Gasteiger partial charge on any atom is 0.265 e. The number of carbonyl (C=O) groups excluding carboxylic acids is 1. The lowest BCUT2D eigenvalue weighted by Gasteiger charge is -2.15. The van der Waals surface area contributed by atoms with Crippen LogP contribution < -0.4 is 10.1 Å². The van der Waals surface area contributed by atoms with Crippen molar-refractivity contribution in [3.8, 4) is 11.6 Å². The molecule has 0 fully saturated rings. The van der Waals surface area contributed by atoms with Gasteiger partial charge in [-0.25, -0.2) is 9.07 Å². The number of nitrogens with one attached hydrogen (secondary N) is 1. The van der Waals surface area contributed by atoms with Crippen LogP contribution in [-0.2, 0) is 4.79 Å². The van der Waals surface area contributed by atoms with Gasteiger partial charge in [0.25, 0.3) is 5.91 Å². The summed E-state index contributed by atoms with van der Waals surface area (Å²) in [7, 11) is 0. The highest BCUT2D eigenvalue weighted by Gasteiger charge is 2.20. The molecule has 30 heavy (non-hydrogen) atoms. The second-order valence-electron chi connectivity index (χ2n) is 7.04. The molecule has 7 heteroatoms. The van der Waals surface area contributed by atoms with Crippen molar-refractivity contribution < 1.29 is 13.9 Å². The average Bonchev–Trinajstić information content (AvgIpc) is 3.07. The van der Waals surface area contributed by atoms with Crippen molar-refractivity contribution in [1.29, 1.82) is 0 Å². The first-order valence-electron chi connectivity index (χ1n) is 9.58. The molecule has 0 spiro atoms. The number of pyridine rings is 1. The Bertz CT molecular complexity index is 1220. The number of benzene rings is 2. The van der Waals surface area contributed by atoms with Crippen LogP contribution in [-0.4, -0.2) is 26.8 Å². The number of rotatable bonds is 5. The number of nitrogens with zero attached hydrogens (tertiary/aromatic N) is 3. The monoisotopic (exact) mass is 404 g/mol. The zero-order valence-electron chi connectivity index (χ0n) is 16.9. The van der Waals surface area contributed by atoms with Crippen LogP contribution >= 0.6 is 0 Å². The van der Waals surface area contributed by atoms with Gasteiger partial charge in [-0.05, 0) is 50.6 Å².